The van der Waals surface area contributed by atoms with Gasteiger partial charge in [0.15, 0.2) is 5.82 Å². The molecule has 5 rings (SSSR count). The number of carbonyl (C=O) groups is 1. The van der Waals surface area contributed by atoms with Gasteiger partial charge in [-0.1, -0.05) is 42.5 Å². The van der Waals surface area contributed by atoms with Crippen molar-refractivity contribution in [1.29, 1.82) is 0 Å². The van der Waals surface area contributed by atoms with Crippen molar-refractivity contribution in [2.45, 2.75) is 25.4 Å². The first-order valence-corrected chi connectivity index (χ1v) is 10.8. The largest absolute Gasteiger partial charge is 0.346 e. The maximum Gasteiger partial charge on any atom is 0.346 e. The van der Waals surface area contributed by atoms with Gasteiger partial charge in [-0.2, -0.15) is 0 Å². The Hall–Kier alpha value is -3.39. The third-order valence-corrected chi connectivity index (χ3v) is 6.04. The number of benzene rings is 2. The van der Waals surface area contributed by atoms with Crippen molar-refractivity contribution in [2.75, 3.05) is 11.9 Å². The number of hydrogen-bond acceptors (Lipinski definition) is 4. The van der Waals surface area contributed by atoms with Crippen LogP contribution in [0.15, 0.2) is 64.8 Å². The molecule has 2 aromatic heterocycles. The number of rotatable bonds is 6. The van der Waals surface area contributed by atoms with Crippen molar-refractivity contribution in [1.82, 2.24) is 19.7 Å². The average Bonchev–Trinajstić information content (AvgIpc) is 3.33. The van der Waals surface area contributed by atoms with E-state index >= 15 is 0 Å². The molecule has 0 spiro atoms. The molecule has 1 aliphatic carbocycles. The third-order valence-electron chi connectivity index (χ3n) is 5.17. The summed E-state index contributed by atoms with van der Waals surface area (Å²) in [5.41, 5.74) is 0.637. The van der Waals surface area contributed by atoms with Crippen LogP contribution in [0.3, 0.4) is 0 Å². The van der Waals surface area contributed by atoms with E-state index in [-0.39, 0.29) is 17.8 Å². The summed E-state index contributed by atoms with van der Waals surface area (Å²) in [4.78, 5) is 26.2. The highest BCUT2D eigenvalue weighted by Gasteiger charge is 2.30. The second-order valence-electron chi connectivity index (χ2n) is 7.32. The van der Waals surface area contributed by atoms with Gasteiger partial charge in [-0.05, 0) is 35.7 Å². The Bertz CT molecular complexity index is 1250. The van der Waals surface area contributed by atoms with Gasteiger partial charge in [-0.15, -0.1) is 16.4 Å². The van der Waals surface area contributed by atoms with E-state index in [0.29, 0.717) is 13.1 Å². The molecule has 1 fully saturated rings. The molecular formula is C22H21N5O2S. The summed E-state index contributed by atoms with van der Waals surface area (Å²) in [5.74, 6) is 0.720. The zero-order chi connectivity index (χ0) is 20.5. The third kappa shape index (κ3) is 3.61. The summed E-state index contributed by atoms with van der Waals surface area (Å²) in [5, 5.41) is 14.3. The van der Waals surface area contributed by atoms with Crippen LogP contribution in [0.5, 0.6) is 0 Å². The molecule has 1 aliphatic rings. The molecule has 0 atom stereocenters. The van der Waals surface area contributed by atoms with E-state index in [1.165, 1.54) is 4.68 Å². The Labute approximate surface area is 177 Å². The van der Waals surface area contributed by atoms with Crippen LogP contribution in [-0.2, 0) is 6.54 Å². The number of thiophene rings is 1. The quantitative estimate of drug-likeness (QED) is 0.494. The first kappa shape index (κ1) is 18.6. The molecule has 0 saturated heterocycles. The number of nitrogens with one attached hydrogen (secondary N) is 2. The predicted molar refractivity (Wildman–Crippen MR) is 119 cm³/mol. The summed E-state index contributed by atoms with van der Waals surface area (Å²) in [7, 11) is 0. The monoisotopic (exact) mass is 419 g/mol. The summed E-state index contributed by atoms with van der Waals surface area (Å²) >= 11 is 1.57. The van der Waals surface area contributed by atoms with Crippen LogP contribution in [0.4, 0.5) is 10.5 Å². The number of amides is 2. The van der Waals surface area contributed by atoms with Gasteiger partial charge in [0, 0.05) is 18.0 Å². The smallest absolute Gasteiger partial charge is 0.336 e. The van der Waals surface area contributed by atoms with Gasteiger partial charge in [0.2, 0.25) is 0 Å². The maximum atomic E-state index is 12.8. The van der Waals surface area contributed by atoms with Gasteiger partial charge in [-0.3, -0.25) is 4.57 Å². The van der Waals surface area contributed by atoms with Crippen LogP contribution in [0.2, 0.25) is 0 Å². The fourth-order valence-electron chi connectivity index (χ4n) is 3.58. The first-order chi connectivity index (χ1) is 14.7. The van der Waals surface area contributed by atoms with Gasteiger partial charge < -0.3 is 10.6 Å². The summed E-state index contributed by atoms with van der Waals surface area (Å²) in [6.07, 6.45) is 2.02. The van der Waals surface area contributed by atoms with Crippen LogP contribution >= 0.6 is 11.3 Å². The van der Waals surface area contributed by atoms with Crippen LogP contribution in [-0.4, -0.2) is 26.9 Å². The van der Waals surface area contributed by atoms with Crippen LogP contribution in [0, 0.1) is 0 Å². The fraction of sp³-hybridized carbons (Fsp3) is 0.227. The van der Waals surface area contributed by atoms with Crippen molar-refractivity contribution < 1.29 is 4.79 Å². The fourth-order valence-corrected chi connectivity index (χ4v) is 4.28. The number of carbonyl (C=O) groups excluding carboxylic acids is 1. The summed E-state index contributed by atoms with van der Waals surface area (Å²) in [6.45, 7) is 0.627. The topological polar surface area (TPSA) is 81.0 Å². The standard InChI is InChI=1S/C22H21N5O2S/c28-21(24-18-8-3-6-15-5-1-2-7-17(15)18)23-12-13-26-22(29)27(16-10-11-16)20(25-26)19-9-4-14-30-19/h1-9,14,16H,10-13H2,(H2,23,24,28). The maximum absolute atomic E-state index is 12.8. The molecule has 4 aromatic rings. The van der Waals surface area contributed by atoms with Crippen molar-refractivity contribution >= 4 is 33.8 Å². The van der Waals surface area contributed by atoms with Gasteiger partial charge in [0.1, 0.15) is 0 Å². The molecule has 0 aliphatic heterocycles. The molecule has 2 N–H and O–H groups in total. The molecule has 2 heterocycles. The number of urea groups is 1. The number of nitrogens with zero attached hydrogens (tertiary/aromatic N) is 3. The van der Waals surface area contributed by atoms with Gasteiger partial charge >= 0.3 is 11.7 Å². The van der Waals surface area contributed by atoms with Crippen molar-refractivity contribution in [3.63, 3.8) is 0 Å². The van der Waals surface area contributed by atoms with E-state index in [1.807, 2.05) is 60.0 Å². The summed E-state index contributed by atoms with van der Waals surface area (Å²) in [6, 6.07) is 17.6. The molecule has 30 heavy (non-hydrogen) atoms. The predicted octanol–water partition coefficient (Wildman–Crippen LogP) is 4.08. The Morgan fingerprint density at radius 1 is 1.10 bits per heavy atom. The molecule has 2 aromatic carbocycles. The second kappa shape index (κ2) is 7.79. The van der Waals surface area contributed by atoms with E-state index in [1.54, 1.807) is 15.9 Å². The zero-order valence-electron chi connectivity index (χ0n) is 16.2. The van der Waals surface area contributed by atoms with E-state index in [9.17, 15) is 9.59 Å². The van der Waals surface area contributed by atoms with Gasteiger partial charge in [0.05, 0.1) is 17.1 Å². The lowest BCUT2D eigenvalue weighted by molar-refractivity contribution is 0.251. The van der Waals surface area contributed by atoms with E-state index < -0.39 is 0 Å². The molecule has 8 heteroatoms. The molecule has 0 bridgehead atoms. The van der Waals surface area contributed by atoms with E-state index in [2.05, 4.69) is 15.7 Å². The lowest BCUT2D eigenvalue weighted by Crippen LogP contribution is -2.34. The molecule has 2 amide bonds. The number of fused-ring (bicyclic) bond motifs is 1. The highest BCUT2D eigenvalue weighted by molar-refractivity contribution is 7.13. The molecule has 7 nitrogen and oxygen atoms in total. The molecule has 1 saturated carbocycles. The molecule has 0 unspecified atom stereocenters. The number of aromatic nitrogens is 3. The Morgan fingerprint density at radius 3 is 2.73 bits per heavy atom. The lowest BCUT2D eigenvalue weighted by Gasteiger charge is -2.10. The van der Waals surface area contributed by atoms with Crippen molar-refractivity contribution in [3.8, 4) is 10.7 Å². The van der Waals surface area contributed by atoms with E-state index in [0.717, 1.165) is 40.0 Å². The zero-order valence-corrected chi connectivity index (χ0v) is 17.1. The van der Waals surface area contributed by atoms with Crippen LogP contribution < -0.4 is 16.3 Å². The van der Waals surface area contributed by atoms with Crippen LogP contribution in [0.1, 0.15) is 18.9 Å². The average molecular weight is 420 g/mol. The minimum atomic E-state index is -0.306. The SMILES string of the molecule is O=C(NCCn1nc(-c2cccs2)n(C2CC2)c1=O)Nc1cccc2ccccc12. The number of anilines is 1. The molecule has 0 radical (unpaired) electrons. The molecule has 152 valence electrons. The van der Waals surface area contributed by atoms with Gasteiger partial charge in [0.25, 0.3) is 0 Å². The Kier molecular flexibility index (Phi) is 4.84. The minimum absolute atomic E-state index is 0.114. The lowest BCUT2D eigenvalue weighted by atomic mass is 10.1. The van der Waals surface area contributed by atoms with Crippen LogP contribution in [0.25, 0.3) is 21.5 Å². The van der Waals surface area contributed by atoms with Crippen molar-refractivity contribution in [2.24, 2.45) is 0 Å². The highest BCUT2D eigenvalue weighted by Crippen LogP contribution is 2.37. The van der Waals surface area contributed by atoms with E-state index in [4.69, 9.17) is 0 Å². The minimum Gasteiger partial charge on any atom is -0.336 e. The Morgan fingerprint density at radius 2 is 1.93 bits per heavy atom. The Balaban J connectivity index is 1.26. The van der Waals surface area contributed by atoms with Gasteiger partial charge in [-0.25, -0.2) is 14.3 Å². The number of hydrogen-bond donors (Lipinski definition) is 2. The normalized spacial score (nSPS) is 13.5. The second-order valence-corrected chi connectivity index (χ2v) is 8.26. The van der Waals surface area contributed by atoms with Crippen molar-refractivity contribution in [3.05, 3.63) is 70.5 Å². The molecular weight excluding hydrogens is 398 g/mol. The summed E-state index contributed by atoms with van der Waals surface area (Å²) < 4.78 is 3.24. The highest BCUT2D eigenvalue weighted by atomic mass is 32.1. The first-order valence-electron chi connectivity index (χ1n) is 9.96.